The van der Waals surface area contributed by atoms with Gasteiger partial charge >= 0.3 is 6.18 Å². The van der Waals surface area contributed by atoms with E-state index in [2.05, 4.69) is 0 Å². The number of alkyl halides is 3. The molecule has 0 unspecified atom stereocenters. The van der Waals surface area contributed by atoms with Crippen LogP contribution in [-0.4, -0.2) is 72.3 Å². The molecule has 1 saturated heterocycles. The molecule has 0 bridgehead atoms. The van der Waals surface area contributed by atoms with Crippen molar-refractivity contribution in [3.05, 3.63) is 35.4 Å². The van der Waals surface area contributed by atoms with Gasteiger partial charge in [-0.15, -0.1) is 0 Å². The van der Waals surface area contributed by atoms with Crippen LogP contribution < -0.4 is 0 Å². The highest BCUT2D eigenvalue weighted by atomic mass is 19.4. The average Bonchev–Trinajstić information content (AvgIpc) is 2.63. The molecule has 0 aromatic heterocycles. The van der Waals surface area contributed by atoms with Crippen molar-refractivity contribution in [1.82, 2.24) is 14.7 Å². The molecule has 27 heavy (non-hydrogen) atoms. The third-order valence-corrected chi connectivity index (χ3v) is 4.84. The Hall–Kier alpha value is -2.09. The van der Waals surface area contributed by atoms with Crippen LogP contribution >= 0.6 is 0 Å². The van der Waals surface area contributed by atoms with Gasteiger partial charge in [0, 0.05) is 39.3 Å². The lowest BCUT2D eigenvalue weighted by Crippen LogP contribution is -2.51. The van der Waals surface area contributed by atoms with Gasteiger partial charge in [-0.05, 0) is 31.5 Å². The van der Waals surface area contributed by atoms with Crippen molar-refractivity contribution in [3.8, 4) is 0 Å². The monoisotopic (exact) mass is 385 g/mol. The number of halogens is 3. The van der Waals surface area contributed by atoms with Crippen molar-refractivity contribution in [2.45, 2.75) is 26.4 Å². The van der Waals surface area contributed by atoms with Gasteiger partial charge in [0.25, 0.3) is 0 Å². The Kier molecular flexibility index (Phi) is 7.24. The van der Waals surface area contributed by atoms with Crippen LogP contribution in [0.2, 0.25) is 0 Å². The predicted molar refractivity (Wildman–Crippen MR) is 96.1 cm³/mol. The molecule has 0 spiro atoms. The van der Waals surface area contributed by atoms with Gasteiger partial charge in [-0.3, -0.25) is 14.5 Å². The summed E-state index contributed by atoms with van der Waals surface area (Å²) in [5, 5.41) is 0. The number of benzene rings is 1. The van der Waals surface area contributed by atoms with Gasteiger partial charge < -0.3 is 9.80 Å². The second kappa shape index (κ2) is 9.21. The Bertz CT molecular complexity index is 635. The first-order valence-corrected chi connectivity index (χ1v) is 9.18. The molecule has 150 valence electrons. The van der Waals surface area contributed by atoms with Gasteiger partial charge in [0.15, 0.2) is 0 Å². The lowest BCUT2D eigenvalue weighted by atomic mass is 10.1. The predicted octanol–water partition coefficient (Wildman–Crippen LogP) is 2.26. The van der Waals surface area contributed by atoms with E-state index < -0.39 is 11.7 Å². The fourth-order valence-corrected chi connectivity index (χ4v) is 3.12. The van der Waals surface area contributed by atoms with Crippen LogP contribution in [0.5, 0.6) is 0 Å². The van der Waals surface area contributed by atoms with Crippen LogP contribution in [0, 0.1) is 0 Å². The number of carbonyl (C=O) groups is 2. The van der Waals surface area contributed by atoms with E-state index >= 15 is 0 Å². The van der Waals surface area contributed by atoms with Crippen LogP contribution in [0.3, 0.4) is 0 Å². The van der Waals surface area contributed by atoms with E-state index in [1.807, 2.05) is 18.7 Å². The van der Waals surface area contributed by atoms with Crippen molar-refractivity contribution >= 4 is 11.8 Å². The molecule has 1 aliphatic heterocycles. The first kappa shape index (κ1) is 21.2. The summed E-state index contributed by atoms with van der Waals surface area (Å²) in [5.74, 6) is -0.0194. The Morgan fingerprint density at radius 2 is 1.56 bits per heavy atom. The molecule has 1 aromatic rings. The lowest BCUT2D eigenvalue weighted by molar-refractivity contribution is -0.137. The van der Waals surface area contributed by atoms with Crippen molar-refractivity contribution in [2.75, 3.05) is 45.8 Å². The molecule has 2 amide bonds. The molecule has 1 aliphatic rings. The molecule has 8 heteroatoms. The van der Waals surface area contributed by atoms with Crippen LogP contribution in [0.25, 0.3) is 0 Å². The first-order valence-electron chi connectivity index (χ1n) is 9.18. The zero-order chi connectivity index (χ0) is 20.0. The zero-order valence-corrected chi connectivity index (χ0v) is 15.8. The van der Waals surface area contributed by atoms with E-state index in [0.717, 1.165) is 12.1 Å². The summed E-state index contributed by atoms with van der Waals surface area (Å²) in [5.41, 5.74) is -0.155. The molecule has 5 nitrogen and oxygen atoms in total. The van der Waals surface area contributed by atoms with Gasteiger partial charge in [-0.2, -0.15) is 13.2 Å². The number of piperazine rings is 1. The van der Waals surface area contributed by atoms with E-state index in [1.165, 1.54) is 12.1 Å². The van der Waals surface area contributed by atoms with Gasteiger partial charge in [0.05, 0.1) is 18.5 Å². The highest BCUT2D eigenvalue weighted by molar-refractivity contribution is 5.79. The second-order valence-electron chi connectivity index (χ2n) is 6.59. The van der Waals surface area contributed by atoms with Crippen molar-refractivity contribution in [2.24, 2.45) is 0 Å². The summed E-state index contributed by atoms with van der Waals surface area (Å²) < 4.78 is 37.8. The highest BCUT2D eigenvalue weighted by Crippen LogP contribution is 2.29. The van der Waals surface area contributed by atoms with E-state index in [1.54, 1.807) is 9.80 Å². The van der Waals surface area contributed by atoms with Gasteiger partial charge in [-0.25, -0.2) is 0 Å². The number of hydrogen-bond acceptors (Lipinski definition) is 3. The molecule has 0 radical (unpaired) electrons. The first-order chi connectivity index (χ1) is 12.7. The fourth-order valence-electron chi connectivity index (χ4n) is 3.12. The average molecular weight is 385 g/mol. The summed E-state index contributed by atoms with van der Waals surface area (Å²) in [7, 11) is 0. The molecule has 0 atom stereocenters. The summed E-state index contributed by atoms with van der Waals surface area (Å²) in [6.07, 6.45) is -4.29. The molecule has 1 heterocycles. The number of nitrogens with zero attached hydrogens (tertiary/aromatic N) is 3. The van der Waals surface area contributed by atoms with Crippen molar-refractivity contribution in [1.29, 1.82) is 0 Å². The number of rotatable bonds is 6. The van der Waals surface area contributed by atoms with E-state index in [9.17, 15) is 22.8 Å². The maximum Gasteiger partial charge on any atom is 0.416 e. The highest BCUT2D eigenvalue weighted by Gasteiger charge is 2.30. The maximum absolute atomic E-state index is 12.6. The Labute approximate surface area is 157 Å². The maximum atomic E-state index is 12.6. The summed E-state index contributed by atoms with van der Waals surface area (Å²) >= 11 is 0. The molecular weight excluding hydrogens is 359 g/mol. The van der Waals surface area contributed by atoms with Crippen LogP contribution in [-0.2, 0) is 22.2 Å². The van der Waals surface area contributed by atoms with E-state index in [0.29, 0.717) is 51.4 Å². The molecular formula is C19H26F3N3O2. The summed E-state index contributed by atoms with van der Waals surface area (Å²) in [6.45, 7) is 7.87. The van der Waals surface area contributed by atoms with Crippen LogP contribution in [0.15, 0.2) is 24.3 Å². The lowest BCUT2D eigenvalue weighted by Gasteiger charge is -2.35. The molecule has 0 aliphatic carbocycles. The number of carbonyl (C=O) groups excluding carboxylic acids is 2. The Morgan fingerprint density at radius 3 is 2.04 bits per heavy atom. The topological polar surface area (TPSA) is 43.9 Å². The number of likely N-dealkylation sites (N-methyl/N-ethyl adjacent to an activating group) is 1. The summed E-state index contributed by atoms with van der Waals surface area (Å²) in [6, 6.07) is 4.69. The zero-order valence-electron chi connectivity index (χ0n) is 15.8. The third-order valence-electron chi connectivity index (χ3n) is 4.84. The smallest absolute Gasteiger partial charge is 0.342 e. The second-order valence-corrected chi connectivity index (χ2v) is 6.59. The Balaban J connectivity index is 1.82. The third kappa shape index (κ3) is 5.95. The van der Waals surface area contributed by atoms with Crippen LogP contribution in [0.1, 0.15) is 25.0 Å². The van der Waals surface area contributed by atoms with E-state index in [-0.39, 0.29) is 18.2 Å². The van der Waals surface area contributed by atoms with Gasteiger partial charge in [0.2, 0.25) is 11.8 Å². The van der Waals surface area contributed by atoms with E-state index in [4.69, 9.17) is 0 Å². The largest absolute Gasteiger partial charge is 0.416 e. The minimum Gasteiger partial charge on any atom is -0.342 e. The molecule has 1 fully saturated rings. The number of hydrogen-bond donors (Lipinski definition) is 0. The Morgan fingerprint density at radius 1 is 1.00 bits per heavy atom. The normalized spacial score (nSPS) is 15.7. The molecule has 0 N–H and O–H groups in total. The SMILES string of the molecule is CCN(CC)C(=O)CN1CCN(C(=O)Cc2ccc(C(F)(F)F)cc2)CC1. The minimum absolute atomic E-state index is 0.0799. The van der Waals surface area contributed by atoms with Gasteiger partial charge in [0.1, 0.15) is 0 Å². The quantitative estimate of drug-likeness (QED) is 0.755. The van der Waals surface area contributed by atoms with Crippen molar-refractivity contribution < 1.29 is 22.8 Å². The standard InChI is InChI=1S/C19H26F3N3O2/c1-3-24(4-2)18(27)14-23-9-11-25(12-10-23)17(26)13-15-5-7-16(8-6-15)19(20,21)22/h5-8H,3-4,9-14H2,1-2H3. The molecule has 0 saturated carbocycles. The minimum atomic E-state index is -4.37. The number of amides is 2. The van der Waals surface area contributed by atoms with Crippen molar-refractivity contribution in [3.63, 3.8) is 0 Å². The summed E-state index contributed by atoms with van der Waals surface area (Å²) in [4.78, 5) is 30.1. The van der Waals surface area contributed by atoms with Crippen LogP contribution in [0.4, 0.5) is 13.2 Å². The fraction of sp³-hybridized carbons (Fsp3) is 0.579. The molecule has 2 rings (SSSR count). The molecule has 1 aromatic carbocycles. The van der Waals surface area contributed by atoms with Gasteiger partial charge in [-0.1, -0.05) is 12.1 Å².